The van der Waals surface area contributed by atoms with E-state index in [2.05, 4.69) is 4.98 Å². The number of sulfone groups is 1. The highest BCUT2D eigenvalue weighted by Gasteiger charge is 2.17. The quantitative estimate of drug-likeness (QED) is 0.445. The van der Waals surface area contributed by atoms with Crippen LogP contribution in [0, 0.1) is 12.7 Å². The van der Waals surface area contributed by atoms with Crippen LogP contribution in [0.25, 0.3) is 22.2 Å². The van der Waals surface area contributed by atoms with Crippen LogP contribution in [0.15, 0.2) is 59.8 Å². The van der Waals surface area contributed by atoms with Crippen LogP contribution in [0.4, 0.5) is 4.39 Å². The van der Waals surface area contributed by atoms with E-state index in [1.54, 1.807) is 45.6 Å². The second kappa shape index (κ2) is 8.35. The molecule has 0 spiro atoms. The molecule has 0 saturated heterocycles. The zero-order chi connectivity index (χ0) is 23.0. The molecule has 6 nitrogen and oxygen atoms in total. The van der Waals surface area contributed by atoms with Gasteiger partial charge in [0.25, 0.3) is 5.56 Å². The predicted octanol–water partition coefficient (Wildman–Crippen LogP) is 3.83. The second-order valence-corrected chi connectivity index (χ2v) is 10.4. The summed E-state index contributed by atoms with van der Waals surface area (Å²) in [4.78, 5) is 16.6. The Morgan fingerprint density at radius 3 is 2.56 bits per heavy atom. The van der Waals surface area contributed by atoms with E-state index in [0.717, 1.165) is 22.2 Å². The summed E-state index contributed by atoms with van der Waals surface area (Å²) < 4.78 is 41.9. The van der Waals surface area contributed by atoms with Crippen LogP contribution in [0.5, 0.6) is 0 Å². The van der Waals surface area contributed by atoms with E-state index in [0.29, 0.717) is 23.2 Å². The lowest BCUT2D eigenvalue weighted by atomic mass is 10.0. The molecule has 0 aliphatic carbocycles. The summed E-state index contributed by atoms with van der Waals surface area (Å²) in [5, 5.41) is 0. The molecule has 4 aromatic rings. The monoisotopic (exact) mass is 453 g/mol. The number of hydrogen-bond donors (Lipinski definition) is 0. The Bertz CT molecular complexity index is 1460. The van der Waals surface area contributed by atoms with E-state index in [1.807, 2.05) is 22.8 Å². The Labute approximate surface area is 185 Å². The van der Waals surface area contributed by atoms with E-state index in [4.69, 9.17) is 0 Å². The minimum atomic E-state index is -3.30. The van der Waals surface area contributed by atoms with Crippen molar-refractivity contribution in [3.05, 3.63) is 87.9 Å². The lowest BCUT2D eigenvalue weighted by Gasteiger charge is -2.12. The van der Waals surface area contributed by atoms with Crippen LogP contribution in [0.2, 0.25) is 0 Å². The van der Waals surface area contributed by atoms with Crippen LogP contribution < -0.4 is 5.56 Å². The van der Waals surface area contributed by atoms with Gasteiger partial charge in [0.05, 0.1) is 23.1 Å². The Hall–Kier alpha value is -3.26. The van der Waals surface area contributed by atoms with Gasteiger partial charge in [0.2, 0.25) is 0 Å². The molecule has 166 valence electrons. The Kier molecular flexibility index (Phi) is 5.73. The van der Waals surface area contributed by atoms with Gasteiger partial charge < -0.3 is 9.13 Å². The number of fused-ring (bicyclic) bond motifs is 1. The highest BCUT2D eigenvalue weighted by Crippen LogP contribution is 2.29. The molecule has 0 radical (unpaired) electrons. The highest BCUT2D eigenvalue weighted by molar-refractivity contribution is 7.90. The van der Waals surface area contributed by atoms with Gasteiger partial charge in [0.15, 0.2) is 9.84 Å². The molecule has 0 aliphatic heterocycles. The summed E-state index contributed by atoms with van der Waals surface area (Å²) in [6, 6.07) is 11.9. The smallest absolute Gasteiger partial charge is 0.253 e. The molecule has 2 aromatic carbocycles. The molecule has 0 atom stereocenters. The van der Waals surface area contributed by atoms with Crippen molar-refractivity contribution < 1.29 is 12.8 Å². The fourth-order valence-corrected chi connectivity index (χ4v) is 4.74. The first-order valence-electron chi connectivity index (χ1n) is 10.3. The standard InChI is InChI=1S/C24H24FN3O3S/c1-4-32(30,31)14-20-10-18(19-8-16(2)24(29)27(3)13-19)11-22-23(20)26-15-28(22)12-17-6-5-7-21(25)9-17/h5-11,13,15H,4,12,14H2,1-3H3. The summed E-state index contributed by atoms with van der Waals surface area (Å²) in [6.45, 7) is 3.76. The van der Waals surface area contributed by atoms with Gasteiger partial charge in [0, 0.05) is 31.1 Å². The van der Waals surface area contributed by atoms with Crippen molar-refractivity contribution in [3.63, 3.8) is 0 Å². The van der Waals surface area contributed by atoms with Crippen molar-refractivity contribution in [3.8, 4) is 11.1 Å². The number of pyridine rings is 1. The zero-order valence-corrected chi connectivity index (χ0v) is 19.0. The van der Waals surface area contributed by atoms with Crippen LogP contribution in [0.3, 0.4) is 0 Å². The van der Waals surface area contributed by atoms with Crippen molar-refractivity contribution in [2.45, 2.75) is 26.1 Å². The minimum absolute atomic E-state index is 0.0294. The van der Waals surface area contributed by atoms with Crippen molar-refractivity contribution >= 4 is 20.9 Å². The van der Waals surface area contributed by atoms with Crippen LogP contribution in [-0.4, -0.2) is 28.3 Å². The first kappa shape index (κ1) is 22.0. The maximum absolute atomic E-state index is 13.7. The summed E-state index contributed by atoms with van der Waals surface area (Å²) in [5.74, 6) is -0.417. The molecule has 0 unspecified atom stereocenters. The number of benzene rings is 2. The van der Waals surface area contributed by atoms with Crippen molar-refractivity contribution in [2.24, 2.45) is 7.05 Å². The fourth-order valence-electron chi connectivity index (χ4n) is 3.84. The van der Waals surface area contributed by atoms with Crippen LogP contribution in [-0.2, 0) is 29.2 Å². The molecule has 2 heterocycles. The number of imidazole rings is 1. The highest BCUT2D eigenvalue weighted by atomic mass is 32.2. The van der Waals surface area contributed by atoms with Gasteiger partial charge in [-0.05, 0) is 59.5 Å². The Morgan fingerprint density at radius 2 is 1.88 bits per heavy atom. The third-order valence-electron chi connectivity index (χ3n) is 5.56. The third kappa shape index (κ3) is 4.36. The van der Waals surface area contributed by atoms with Gasteiger partial charge >= 0.3 is 0 Å². The summed E-state index contributed by atoms with van der Waals surface area (Å²) in [6.07, 6.45) is 3.38. The minimum Gasteiger partial charge on any atom is -0.326 e. The number of halogens is 1. The number of nitrogens with zero attached hydrogens (tertiary/aromatic N) is 3. The van der Waals surface area contributed by atoms with E-state index in [-0.39, 0.29) is 22.9 Å². The van der Waals surface area contributed by atoms with Gasteiger partial charge in [-0.2, -0.15) is 0 Å². The maximum Gasteiger partial charge on any atom is 0.253 e. The molecular weight excluding hydrogens is 429 g/mol. The van der Waals surface area contributed by atoms with Gasteiger partial charge in [-0.1, -0.05) is 19.1 Å². The van der Waals surface area contributed by atoms with Crippen LogP contribution >= 0.6 is 0 Å². The van der Waals surface area contributed by atoms with E-state index >= 15 is 0 Å². The fraction of sp³-hybridized carbons (Fsp3) is 0.250. The van der Waals surface area contributed by atoms with E-state index < -0.39 is 9.84 Å². The second-order valence-electron chi connectivity index (χ2n) is 8.01. The largest absolute Gasteiger partial charge is 0.326 e. The van der Waals surface area contributed by atoms with Crippen LogP contribution in [0.1, 0.15) is 23.6 Å². The molecule has 0 fully saturated rings. The molecule has 0 saturated carbocycles. The number of rotatable bonds is 6. The molecule has 4 rings (SSSR count). The van der Waals surface area contributed by atoms with E-state index in [9.17, 15) is 17.6 Å². The van der Waals surface area contributed by atoms with Crippen molar-refractivity contribution in [1.82, 2.24) is 14.1 Å². The Morgan fingerprint density at radius 1 is 1.09 bits per heavy atom. The lowest BCUT2D eigenvalue weighted by Crippen LogP contribution is -2.18. The molecule has 0 aliphatic rings. The lowest BCUT2D eigenvalue weighted by molar-refractivity contribution is 0.596. The molecular formula is C24H24FN3O3S. The Balaban J connectivity index is 1.91. The summed E-state index contributed by atoms with van der Waals surface area (Å²) >= 11 is 0. The maximum atomic E-state index is 13.7. The molecule has 8 heteroatoms. The first-order valence-corrected chi connectivity index (χ1v) is 12.1. The van der Waals surface area contributed by atoms with Crippen molar-refractivity contribution in [2.75, 3.05) is 5.75 Å². The number of aryl methyl sites for hydroxylation is 2. The molecule has 0 amide bonds. The molecule has 32 heavy (non-hydrogen) atoms. The van der Waals surface area contributed by atoms with Gasteiger partial charge in [-0.15, -0.1) is 0 Å². The van der Waals surface area contributed by atoms with Gasteiger partial charge in [-0.3, -0.25) is 4.79 Å². The summed E-state index contributed by atoms with van der Waals surface area (Å²) in [5.41, 5.74) is 4.84. The van der Waals surface area contributed by atoms with Gasteiger partial charge in [0.1, 0.15) is 5.82 Å². The topological polar surface area (TPSA) is 74.0 Å². The third-order valence-corrected chi connectivity index (χ3v) is 7.19. The van der Waals surface area contributed by atoms with E-state index in [1.165, 1.54) is 16.7 Å². The zero-order valence-electron chi connectivity index (χ0n) is 18.2. The normalized spacial score (nSPS) is 11.9. The first-order chi connectivity index (χ1) is 15.2. The SMILES string of the molecule is CCS(=O)(=O)Cc1cc(-c2cc(C)c(=O)n(C)c2)cc2c1ncn2Cc1cccc(F)c1. The average molecular weight is 454 g/mol. The molecule has 0 N–H and O–H groups in total. The predicted molar refractivity (Wildman–Crippen MR) is 124 cm³/mol. The average Bonchev–Trinajstić information content (AvgIpc) is 3.14. The molecule has 2 aromatic heterocycles. The number of hydrogen-bond acceptors (Lipinski definition) is 4. The summed E-state index contributed by atoms with van der Waals surface area (Å²) in [7, 11) is -1.61. The number of aromatic nitrogens is 3. The molecule has 0 bridgehead atoms. The van der Waals surface area contributed by atoms with Crippen molar-refractivity contribution in [1.29, 1.82) is 0 Å². The van der Waals surface area contributed by atoms with Gasteiger partial charge in [-0.25, -0.2) is 17.8 Å².